The number of methoxy groups -OCH3 is 1. The van der Waals surface area contributed by atoms with Crippen LogP contribution in [0.15, 0.2) is 24.5 Å². The summed E-state index contributed by atoms with van der Waals surface area (Å²) >= 11 is 7.41. The first-order valence-corrected chi connectivity index (χ1v) is 6.77. The number of nitrogens with one attached hydrogen (secondary N) is 1. The second-order valence-corrected chi connectivity index (χ2v) is 5.46. The fourth-order valence-corrected chi connectivity index (χ4v) is 2.52. The van der Waals surface area contributed by atoms with Gasteiger partial charge in [-0.2, -0.15) is 0 Å². The van der Waals surface area contributed by atoms with E-state index in [2.05, 4.69) is 20.0 Å². The molecule has 0 atom stereocenters. The standard InChI is InChI=1S/C12H12ClN3O2S/c1-18-12(17)9-6-16-11(7-15-9)14-5-4-8-2-3-10(13)19-8/h2-3,6-7H,4-5H2,1H3,(H,14,16). The average Bonchev–Trinajstić information content (AvgIpc) is 2.84. The number of aromatic nitrogens is 2. The zero-order valence-electron chi connectivity index (χ0n) is 10.2. The van der Waals surface area contributed by atoms with Gasteiger partial charge in [-0.3, -0.25) is 0 Å². The highest BCUT2D eigenvalue weighted by atomic mass is 35.5. The molecule has 0 aliphatic rings. The van der Waals surface area contributed by atoms with Crippen LogP contribution in [0.25, 0.3) is 0 Å². The van der Waals surface area contributed by atoms with Gasteiger partial charge in [0.05, 0.1) is 23.8 Å². The van der Waals surface area contributed by atoms with Crippen LogP contribution in [0.4, 0.5) is 5.82 Å². The number of halogens is 1. The van der Waals surface area contributed by atoms with E-state index in [1.54, 1.807) is 11.3 Å². The van der Waals surface area contributed by atoms with E-state index in [-0.39, 0.29) is 5.69 Å². The molecule has 7 heteroatoms. The van der Waals surface area contributed by atoms with Crippen molar-refractivity contribution in [2.24, 2.45) is 0 Å². The molecule has 2 aromatic heterocycles. The number of hydrogen-bond acceptors (Lipinski definition) is 6. The molecule has 0 saturated heterocycles. The summed E-state index contributed by atoms with van der Waals surface area (Å²) in [6, 6.07) is 3.88. The van der Waals surface area contributed by atoms with Gasteiger partial charge in [0.15, 0.2) is 5.69 Å². The number of thiophene rings is 1. The number of rotatable bonds is 5. The van der Waals surface area contributed by atoms with Gasteiger partial charge >= 0.3 is 5.97 Å². The zero-order valence-corrected chi connectivity index (χ0v) is 11.8. The summed E-state index contributed by atoms with van der Waals surface area (Å²) in [6.07, 6.45) is 3.75. The monoisotopic (exact) mass is 297 g/mol. The first-order valence-electron chi connectivity index (χ1n) is 5.57. The predicted octanol–water partition coefficient (Wildman–Crippen LogP) is 2.63. The Labute approximate surface area is 119 Å². The number of carbonyl (C=O) groups is 1. The normalized spacial score (nSPS) is 10.2. The third-order valence-electron chi connectivity index (χ3n) is 2.35. The van der Waals surface area contributed by atoms with Crippen LogP contribution in [0.1, 0.15) is 15.4 Å². The van der Waals surface area contributed by atoms with E-state index in [1.807, 2.05) is 12.1 Å². The Balaban J connectivity index is 1.84. The Morgan fingerprint density at radius 2 is 2.26 bits per heavy atom. The van der Waals surface area contributed by atoms with Crippen molar-refractivity contribution in [1.82, 2.24) is 9.97 Å². The lowest BCUT2D eigenvalue weighted by Gasteiger charge is -2.04. The van der Waals surface area contributed by atoms with Crippen molar-refractivity contribution in [3.8, 4) is 0 Å². The van der Waals surface area contributed by atoms with Gasteiger partial charge in [0.2, 0.25) is 0 Å². The van der Waals surface area contributed by atoms with Crippen LogP contribution in [0.5, 0.6) is 0 Å². The molecule has 19 heavy (non-hydrogen) atoms. The quantitative estimate of drug-likeness (QED) is 0.860. The van der Waals surface area contributed by atoms with Crippen LogP contribution in [0, 0.1) is 0 Å². The Morgan fingerprint density at radius 3 is 2.84 bits per heavy atom. The van der Waals surface area contributed by atoms with E-state index >= 15 is 0 Å². The average molecular weight is 298 g/mol. The number of ether oxygens (including phenoxy) is 1. The Morgan fingerprint density at radius 1 is 1.42 bits per heavy atom. The third-order valence-corrected chi connectivity index (χ3v) is 3.64. The lowest BCUT2D eigenvalue weighted by Crippen LogP contribution is -2.09. The van der Waals surface area contributed by atoms with Crippen molar-refractivity contribution in [2.45, 2.75) is 6.42 Å². The fourth-order valence-electron chi connectivity index (χ4n) is 1.43. The summed E-state index contributed by atoms with van der Waals surface area (Å²) in [4.78, 5) is 20.4. The molecule has 0 fully saturated rings. The van der Waals surface area contributed by atoms with Gasteiger partial charge in [-0.25, -0.2) is 14.8 Å². The van der Waals surface area contributed by atoms with Crippen LogP contribution in [0.2, 0.25) is 4.34 Å². The van der Waals surface area contributed by atoms with E-state index in [1.165, 1.54) is 24.4 Å². The largest absolute Gasteiger partial charge is 0.464 e. The molecule has 5 nitrogen and oxygen atoms in total. The summed E-state index contributed by atoms with van der Waals surface area (Å²) in [6.45, 7) is 0.725. The molecule has 0 bridgehead atoms. The maximum absolute atomic E-state index is 11.2. The molecule has 1 N–H and O–H groups in total. The number of anilines is 1. The molecular weight excluding hydrogens is 286 g/mol. The molecule has 0 aliphatic heterocycles. The second kappa shape index (κ2) is 6.49. The van der Waals surface area contributed by atoms with E-state index in [0.29, 0.717) is 5.82 Å². The fraction of sp³-hybridized carbons (Fsp3) is 0.250. The Kier molecular flexibility index (Phi) is 4.70. The predicted molar refractivity (Wildman–Crippen MR) is 74.9 cm³/mol. The van der Waals surface area contributed by atoms with Crippen LogP contribution >= 0.6 is 22.9 Å². The third kappa shape index (κ3) is 3.90. The van der Waals surface area contributed by atoms with Crippen LogP contribution in [-0.4, -0.2) is 29.6 Å². The van der Waals surface area contributed by atoms with Crippen molar-refractivity contribution in [2.75, 3.05) is 19.0 Å². The molecule has 0 saturated carbocycles. The summed E-state index contributed by atoms with van der Waals surface area (Å²) in [5.74, 6) is 0.127. The molecule has 0 radical (unpaired) electrons. The minimum Gasteiger partial charge on any atom is -0.464 e. The summed E-state index contributed by atoms with van der Waals surface area (Å²) < 4.78 is 5.33. The minimum atomic E-state index is -0.493. The first kappa shape index (κ1) is 13.8. The van der Waals surface area contributed by atoms with E-state index in [9.17, 15) is 4.79 Å². The molecule has 0 aliphatic carbocycles. The van der Waals surface area contributed by atoms with Crippen molar-refractivity contribution in [1.29, 1.82) is 0 Å². The van der Waals surface area contributed by atoms with Gasteiger partial charge < -0.3 is 10.1 Å². The molecule has 0 amide bonds. The van der Waals surface area contributed by atoms with Gasteiger partial charge in [0.25, 0.3) is 0 Å². The summed E-state index contributed by atoms with van der Waals surface area (Å²) in [7, 11) is 1.31. The molecular formula is C12H12ClN3O2S. The molecule has 0 unspecified atom stereocenters. The molecule has 2 aromatic rings. The number of hydrogen-bond donors (Lipinski definition) is 1. The van der Waals surface area contributed by atoms with Crippen molar-refractivity contribution in [3.05, 3.63) is 39.4 Å². The molecule has 2 rings (SSSR count). The highest BCUT2D eigenvalue weighted by Crippen LogP contribution is 2.21. The number of nitrogens with zero attached hydrogens (tertiary/aromatic N) is 2. The maximum Gasteiger partial charge on any atom is 0.358 e. The van der Waals surface area contributed by atoms with Crippen molar-refractivity contribution < 1.29 is 9.53 Å². The molecule has 100 valence electrons. The molecule has 0 aromatic carbocycles. The van der Waals surface area contributed by atoms with E-state index in [4.69, 9.17) is 11.6 Å². The highest BCUT2D eigenvalue weighted by molar-refractivity contribution is 7.16. The lowest BCUT2D eigenvalue weighted by molar-refractivity contribution is 0.0593. The molecule has 0 spiro atoms. The van der Waals surface area contributed by atoms with Gasteiger partial charge in [-0.15, -0.1) is 11.3 Å². The minimum absolute atomic E-state index is 0.193. The highest BCUT2D eigenvalue weighted by Gasteiger charge is 2.07. The SMILES string of the molecule is COC(=O)c1cnc(NCCc2ccc(Cl)s2)cn1. The van der Waals surface area contributed by atoms with E-state index in [0.717, 1.165) is 17.3 Å². The van der Waals surface area contributed by atoms with Crippen LogP contribution in [0.3, 0.4) is 0 Å². The summed E-state index contributed by atoms with van der Waals surface area (Å²) in [5, 5.41) is 3.12. The topological polar surface area (TPSA) is 64.1 Å². The summed E-state index contributed by atoms with van der Waals surface area (Å²) in [5.41, 5.74) is 0.193. The Bertz CT molecular complexity index is 556. The van der Waals surface area contributed by atoms with Gasteiger partial charge in [-0.05, 0) is 18.6 Å². The Hall–Kier alpha value is -1.66. The van der Waals surface area contributed by atoms with Crippen molar-refractivity contribution >= 4 is 34.7 Å². The molecule has 2 heterocycles. The van der Waals surface area contributed by atoms with Gasteiger partial charge in [-0.1, -0.05) is 11.6 Å². The lowest BCUT2D eigenvalue weighted by atomic mass is 10.3. The van der Waals surface area contributed by atoms with Gasteiger partial charge in [0.1, 0.15) is 5.82 Å². The van der Waals surface area contributed by atoms with Crippen molar-refractivity contribution in [3.63, 3.8) is 0 Å². The number of carbonyl (C=O) groups excluding carboxylic acids is 1. The first-order chi connectivity index (χ1) is 9.19. The smallest absolute Gasteiger partial charge is 0.358 e. The number of esters is 1. The van der Waals surface area contributed by atoms with Crippen LogP contribution in [-0.2, 0) is 11.2 Å². The van der Waals surface area contributed by atoms with E-state index < -0.39 is 5.97 Å². The maximum atomic E-state index is 11.2. The second-order valence-electron chi connectivity index (χ2n) is 3.66. The van der Waals surface area contributed by atoms with Gasteiger partial charge in [0, 0.05) is 11.4 Å². The van der Waals surface area contributed by atoms with Crippen LogP contribution < -0.4 is 5.32 Å². The zero-order chi connectivity index (χ0) is 13.7.